The van der Waals surface area contributed by atoms with Crippen molar-refractivity contribution in [1.29, 1.82) is 0 Å². The number of ether oxygens (including phenoxy) is 2. The van der Waals surface area contributed by atoms with Gasteiger partial charge in [0, 0.05) is 19.7 Å². The van der Waals surface area contributed by atoms with E-state index in [4.69, 9.17) is 9.47 Å². The normalized spacial score (nSPS) is 11.9. The first kappa shape index (κ1) is 26.0. The van der Waals surface area contributed by atoms with Gasteiger partial charge in [-0.05, 0) is 31.0 Å². The largest absolute Gasteiger partial charge is 0.497 e. The fraction of sp³-hybridized carbons (Fsp3) is 0.391. The van der Waals surface area contributed by atoms with Crippen molar-refractivity contribution in [2.24, 2.45) is 0 Å². The van der Waals surface area contributed by atoms with E-state index in [1.54, 1.807) is 19.1 Å². The molecule has 0 saturated heterocycles. The van der Waals surface area contributed by atoms with Crippen LogP contribution in [0.3, 0.4) is 0 Å². The molecule has 0 radical (unpaired) electrons. The molecule has 1 N–H and O–H groups in total. The molecule has 33 heavy (non-hydrogen) atoms. The molecule has 2 amide bonds. The van der Waals surface area contributed by atoms with Crippen LogP contribution in [0.15, 0.2) is 48.5 Å². The van der Waals surface area contributed by atoms with Crippen molar-refractivity contribution in [3.8, 4) is 11.5 Å². The summed E-state index contributed by atoms with van der Waals surface area (Å²) in [5.41, 5.74) is 1.16. The molecule has 180 valence electrons. The zero-order valence-corrected chi connectivity index (χ0v) is 20.4. The Balaban J connectivity index is 2.39. The molecule has 9 nitrogen and oxygen atoms in total. The van der Waals surface area contributed by atoms with E-state index in [1.807, 2.05) is 30.3 Å². The van der Waals surface area contributed by atoms with Crippen LogP contribution in [0.25, 0.3) is 0 Å². The SMILES string of the molecule is CNC(=O)[C@H](C)N(CCc1ccccc1)C(=O)CN(c1cc(OC)ccc1OC)S(C)(=O)=O. The summed E-state index contributed by atoms with van der Waals surface area (Å²) in [6.07, 6.45) is 1.52. The number of nitrogens with one attached hydrogen (secondary N) is 1. The molecule has 0 unspecified atom stereocenters. The Morgan fingerprint density at radius 1 is 1.06 bits per heavy atom. The van der Waals surface area contributed by atoms with Gasteiger partial charge in [-0.2, -0.15) is 0 Å². The summed E-state index contributed by atoms with van der Waals surface area (Å²) in [6, 6.07) is 13.4. The van der Waals surface area contributed by atoms with E-state index < -0.39 is 28.5 Å². The standard InChI is InChI=1S/C23H31N3O6S/c1-17(23(28)24-2)25(14-13-18-9-7-6-8-10-18)22(27)16-26(33(5,29)30)20-15-19(31-3)11-12-21(20)32-4/h6-12,15,17H,13-14,16H2,1-5H3,(H,24,28)/t17-/m0/s1. The Morgan fingerprint density at radius 3 is 2.27 bits per heavy atom. The average molecular weight is 478 g/mol. The maximum atomic E-state index is 13.4. The van der Waals surface area contributed by atoms with Gasteiger partial charge in [0.05, 0.1) is 26.2 Å². The second kappa shape index (κ2) is 11.6. The van der Waals surface area contributed by atoms with Gasteiger partial charge in [-0.15, -0.1) is 0 Å². The van der Waals surface area contributed by atoms with Gasteiger partial charge in [-0.1, -0.05) is 30.3 Å². The lowest BCUT2D eigenvalue weighted by Crippen LogP contribution is -2.51. The smallest absolute Gasteiger partial charge is 0.244 e. The number of rotatable bonds is 11. The van der Waals surface area contributed by atoms with Crippen LogP contribution in [0.4, 0.5) is 5.69 Å². The number of methoxy groups -OCH3 is 2. The molecule has 10 heteroatoms. The van der Waals surface area contributed by atoms with Crippen LogP contribution in [-0.2, 0) is 26.0 Å². The molecule has 0 aliphatic heterocycles. The zero-order chi connectivity index (χ0) is 24.6. The quantitative estimate of drug-likeness (QED) is 0.528. The molecule has 2 aromatic carbocycles. The predicted octanol–water partition coefficient (Wildman–Crippen LogP) is 1.68. The third-order valence-corrected chi connectivity index (χ3v) is 6.36. The maximum absolute atomic E-state index is 13.4. The Hall–Kier alpha value is -3.27. The summed E-state index contributed by atoms with van der Waals surface area (Å²) >= 11 is 0. The van der Waals surface area contributed by atoms with Gasteiger partial charge in [0.15, 0.2) is 0 Å². The number of nitrogens with zero attached hydrogens (tertiary/aromatic N) is 2. The van der Waals surface area contributed by atoms with Gasteiger partial charge < -0.3 is 19.7 Å². The second-order valence-corrected chi connectivity index (χ2v) is 9.33. The highest BCUT2D eigenvalue weighted by atomic mass is 32.2. The Labute approximate surface area is 195 Å². The molecule has 0 saturated carbocycles. The minimum Gasteiger partial charge on any atom is -0.497 e. The highest BCUT2D eigenvalue weighted by Crippen LogP contribution is 2.33. The number of sulfonamides is 1. The first-order chi connectivity index (χ1) is 15.6. The van der Waals surface area contributed by atoms with Gasteiger partial charge in [-0.25, -0.2) is 8.42 Å². The maximum Gasteiger partial charge on any atom is 0.244 e. The number of carbonyl (C=O) groups is 2. The number of anilines is 1. The summed E-state index contributed by atoms with van der Waals surface area (Å²) in [7, 11) is 0.482. The van der Waals surface area contributed by atoms with Crippen molar-refractivity contribution in [2.45, 2.75) is 19.4 Å². The zero-order valence-electron chi connectivity index (χ0n) is 19.6. The van der Waals surface area contributed by atoms with Crippen molar-refractivity contribution in [2.75, 3.05) is 44.9 Å². The molecule has 2 rings (SSSR count). The molecule has 0 aliphatic carbocycles. The molecule has 0 spiro atoms. The molecule has 0 aliphatic rings. The minimum absolute atomic E-state index is 0.170. The molecule has 0 heterocycles. The highest BCUT2D eigenvalue weighted by Gasteiger charge is 2.30. The van der Waals surface area contributed by atoms with Crippen molar-refractivity contribution in [3.63, 3.8) is 0 Å². The summed E-state index contributed by atoms with van der Waals surface area (Å²) in [5.74, 6) is -0.186. The van der Waals surface area contributed by atoms with E-state index >= 15 is 0 Å². The highest BCUT2D eigenvalue weighted by molar-refractivity contribution is 7.92. The fourth-order valence-corrected chi connectivity index (χ4v) is 4.21. The van der Waals surface area contributed by atoms with Crippen molar-refractivity contribution < 1.29 is 27.5 Å². The van der Waals surface area contributed by atoms with Gasteiger partial charge in [0.25, 0.3) is 0 Å². The third kappa shape index (κ3) is 6.85. The van der Waals surface area contributed by atoms with Crippen LogP contribution in [0.5, 0.6) is 11.5 Å². The lowest BCUT2D eigenvalue weighted by atomic mass is 10.1. The number of amides is 2. The van der Waals surface area contributed by atoms with Crippen molar-refractivity contribution in [3.05, 3.63) is 54.1 Å². The fourth-order valence-electron chi connectivity index (χ4n) is 3.37. The number of carbonyl (C=O) groups excluding carboxylic acids is 2. The summed E-state index contributed by atoms with van der Waals surface area (Å²) in [4.78, 5) is 27.1. The van der Waals surface area contributed by atoms with E-state index in [0.29, 0.717) is 12.2 Å². The Morgan fingerprint density at radius 2 is 1.73 bits per heavy atom. The van der Waals surface area contributed by atoms with Gasteiger partial charge in [0.2, 0.25) is 21.8 Å². The molecular formula is C23H31N3O6S. The van der Waals surface area contributed by atoms with Gasteiger partial charge >= 0.3 is 0 Å². The lowest BCUT2D eigenvalue weighted by Gasteiger charge is -2.31. The Bertz CT molecular complexity index is 1060. The summed E-state index contributed by atoms with van der Waals surface area (Å²) in [6.45, 7) is 1.35. The van der Waals surface area contributed by atoms with Crippen LogP contribution < -0.4 is 19.1 Å². The number of benzene rings is 2. The average Bonchev–Trinajstić information content (AvgIpc) is 2.81. The molecule has 2 aromatic rings. The lowest BCUT2D eigenvalue weighted by molar-refractivity contribution is -0.138. The number of hydrogen-bond acceptors (Lipinski definition) is 6. The number of likely N-dealkylation sites (N-methyl/N-ethyl adjacent to an activating group) is 1. The predicted molar refractivity (Wildman–Crippen MR) is 127 cm³/mol. The summed E-state index contributed by atoms with van der Waals surface area (Å²) < 4.78 is 36.9. The van der Waals surface area contributed by atoms with E-state index in [9.17, 15) is 18.0 Å². The number of hydrogen-bond donors (Lipinski definition) is 1. The molecule has 1 atom stereocenters. The monoisotopic (exact) mass is 477 g/mol. The van der Waals surface area contributed by atoms with Crippen LogP contribution in [0, 0.1) is 0 Å². The van der Waals surface area contributed by atoms with Crippen molar-refractivity contribution in [1.82, 2.24) is 10.2 Å². The molecule has 0 bridgehead atoms. The van der Waals surface area contributed by atoms with Crippen LogP contribution in [0.2, 0.25) is 0 Å². The second-order valence-electron chi connectivity index (χ2n) is 7.42. The van der Waals surface area contributed by atoms with E-state index in [0.717, 1.165) is 16.1 Å². The Kier molecular flexibility index (Phi) is 9.10. The first-order valence-electron chi connectivity index (χ1n) is 10.4. The van der Waals surface area contributed by atoms with Gasteiger partial charge in [0.1, 0.15) is 24.1 Å². The van der Waals surface area contributed by atoms with E-state index in [-0.39, 0.29) is 23.9 Å². The van der Waals surface area contributed by atoms with Crippen LogP contribution in [0.1, 0.15) is 12.5 Å². The molecule has 0 aromatic heterocycles. The first-order valence-corrected chi connectivity index (χ1v) is 12.2. The third-order valence-electron chi connectivity index (χ3n) is 5.23. The van der Waals surface area contributed by atoms with Crippen molar-refractivity contribution >= 4 is 27.5 Å². The van der Waals surface area contributed by atoms with Gasteiger partial charge in [-0.3, -0.25) is 13.9 Å². The minimum atomic E-state index is -3.87. The van der Waals surface area contributed by atoms with E-state index in [2.05, 4.69) is 5.32 Å². The molecule has 0 fully saturated rings. The van der Waals surface area contributed by atoms with Crippen LogP contribution in [-0.4, -0.2) is 71.8 Å². The topological polar surface area (TPSA) is 105 Å². The van der Waals surface area contributed by atoms with E-state index in [1.165, 1.54) is 32.2 Å². The molecular weight excluding hydrogens is 446 g/mol. The van der Waals surface area contributed by atoms with Crippen LogP contribution >= 0.6 is 0 Å². The summed E-state index contributed by atoms with van der Waals surface area (Å²) in [5, 5.41) is 2.55.